The first kappa shape index (κ1) is 13.5. The van der Waals surface area contributed by atoms with Gasteiger partial charge < -0.3 is 5.11 Å². The van der Waals surface area contributed by atoms with Crippen LogP contribution < -0.4 is 27.1 Å². The van der Waals surface area contributed by atoms with E-state index < -0.39 is 38.5 Å². The van der Waals surface area contributed by atoms with Crippen LogP contribution in [-0.2, 0) is 0 Å². The van der Waals surface area contributed by atoms with Gasteiger partial charge in [-0.25, -0.2) is 0 Å². The Morgan fingerprint density at radius 1 is 0.900 bits per heavy atom. The van der Waals surface area contributed by atoms with E-state index in [4.69, 9.17) is 0 Å². The molecule has 1 aromatic carbocycles. The van der Waals surface area contributed by atoms with E-state index in [0.717, 1.165) is 0 Å². The van der Waals surface area contributed by atoms with Crippen LogP contribution in [-0.4, -0.2) is 10.1 Å². The number of rotatable bonds is 1. The number of aromatic hydroxyl groups is 1. The molecule has 0 atom stereocenters. The smallest absolute Gasteiger partial charge is 0.281 e. The fourth-order valence-electron chi connectivity index (χ4n) is 1.72. The van der Waals surface area contributed by atoms with Gasteiger partial charge in [-0.05, 0) is 24.6 Å². The zero-order valence-corrected chi connectivity index (χ0v) is 10.2. The van der Waals surface area contributed by atoms with E-state index in [2.05, 4.69) is 4.98 Å². The quantitative estimate of drug-likeness (QED) is 0.624. The lowest BCUT2D eigenvalue weighted by Crippen LogP contribution is -2.46. The van der Waals surface area contributed by atoms with Crippen LogP contribution in [0.4, 0.5) is 0 Å². The van der Waals surface area contributed by atoms with Crippen LogP contribution in [0.25, 0.3) is 11.1 Å². The molecule has 1 heterocycles. The number of aromatic nitrogens is 1. The van der Waals surface area contributed by atoms with E-state index in [1.807, 2.05) is 0 Å². The van der Waals surface area contributed by atoms with Gasteiger partial charge in [0.1, 0.15) is 0 Å². The second-order valence-electron chi connectivity index (χ2n) is 4.06. The molecule has 0 saturated carbocycles. The molecule has 0 amide bonds. The van der Waals surface area contributed by atoms with Crippen molar-refractivity contribution in [1.82, 2.24) is 4.98 Å². The molecule has 0 aliphatic heterocycles. The predicted molar refractivity (Wildman–Crippen MR) is 69.8 cm³/mol. The molecule has 0 aliphatic rings. The third kappa shape index (κ3) is 1.95. The van der Waals surface area contributed by atoms with Gasteiger partial charge in [0.25, 0.3) is 21.7 Å². The van der Waals surface area contributed by atoms with Crippen LogP contribution in [0.15, 0.2) is 42.3 Å². The largest absolute Gasteiger partial charge is 0.503 e. The van der Waals surface area contributed by atoms with Crippen LogP contribution in [0, 0.1) is 6.92 Å². The van der Waals surface area contributed by atoms with E-state index >= 15 is 0 Å². The van der Waals surface area contributed by atoms with Gasteiger partial charge in [-0.3, -0.25) is 29.0 Å². The normalized spacial score (nSPS) is 10.4. The molecule has 0 aliphatic carbocycles. The van der Waals surface area contributed by atoms with Gasteiger partial charge in [0.05, 0.1) is 5.56 Å². The number of pyridine rings is 1. The van der Waals surface area contributed by atoms with Crippen molar-refractivity contribution in [2.24, 2.45) is 0 Å². The number of aryl methyl sites for hydroxylation is 1. The van der Waals surface area contributed by atoms with Crippen molar-refractivity contribution in [1.29, 1.82) is 0 Å². The molecular weight excluding hydrogens is 266 g/mol. The number of nitrogens with zero attached hydrogens (tertiary/aromatic N) is 1. The number of hydrogen-bond acceptors (Lipinski definition) is 7. The molecule has 100 valence electrons. The highest BCUT2D eigenvalue weighted by atomic mass is 16.3. The zero-order chi connectivity index (χ0) is 15.0. The van der Waals surface area contributed by atoms with Crippen LogP contribution >= 0.6 is 0 Å². The zero-order valence-electron chi connectivity index (χ0n) is 10.2. The Morgan fingerprint density at radius 2 is 1.45 bits per heavy atom. The highest BCUT2D eigenvalue weighted by molar-refractivity contribution is 5.69. The van der Waals surface area contributed by atoms with Crippen molar-refractivity contribution in [2.75, 3.05) is 0 Å². The summed E-state index contributed by atoms with van der Waals surface area (Å²) in [5, 5.41) is 9.70. The second kappa shape index (κ2) is 4.61. The Bertz CT molecular complexity index is 970. The average molecular weight is 273 g/mol. The SMILES string of the molecule is Cc1cc(-c2c(O)c(=O)c(=O)c(=O)c(=O)c2=O)ccn1. The highest BCUT2D eigenvalue weighted by Gasteiger charge is 2.19. The summed E-state index contributed by atoms with van der Waals surface area (Å²) in [6, 6.07) is 2.61. The fourth-order valence-corrected chi connectivity index (χ4v) is 1.72. The third-order valence-electron chi connectivity index (χ3n) is 2.69. The van der Waals surface area contributed by atoms with Gasteiger partial charge in [0, 0.05) is 11.9 Å². The summed E-state index contributed by atoms with van der Waals surface area (Å²) in [5.41, 5.74) is -8.24. The second-order valence-corrected chi connectivity index (χ2v) is 4.06. The lowest BCUT2D eigenvalue weighted by Gasteiger charge is -2.00. The Kier molecular flexibility index (Phi) is 3.11. The fraction of sp³-hybridized carbons (Fsp3) is 0.0769. The van der Waals surface area contributed by atoms with Crippen molar-refractivity contribution >= 4 is 0 Å². The van der Waals surface area contributed by atoms with Crippen LogP contribution in [0.5, 0.6) is 5.75 Å². The van der Waals surface area contributed by atoms with Crippen LogP contribution in [0.3, 0.4) is 0 Å². The summed E-state index contributed by atoms with van der Waals surface area (Å²) in [4.78, 5) is 61.3. The van der Waals surface area contributed by atoms with Crippen molar-refractivity contribution in [2.45, 2.75) is 6.92 Å². The summed E-state index contributed by atoms with van der Waals surface area (Å²) in [6.07, 6.45) is 1.29. The first-order valence-corrected chi connectivity index (χ1v) is 5.43. The first-order chi connectivity index (χ1) is 9.34. The lowest BCUT2D eigenvalue weighted by molar-refractivity contribution is 0.472. The van der Waals surface area contributed by atoms with Crippen molar-refractivity contribution in [3.63, 3.8) is 0 Å². The minimum atomic E-state index is -1.74. The van der Waals surface area contributed by atoms with E-state index in [9.17, 15) is 29.1 Å². The van der Waals surface area contributed by atoms with Gasteiger partial charge in [-0.1, -0.05) is 0 Å². The van der Waals surface area contributed by atoms with Gasteiger partial charge in [-0.15, -0.1) is 0 Å². The minimum Gasteiger partial charge on any atom is -0.503 e. The molecule has 0 unspecified atom stereocenters. The molecule has 0 radical (unpaired) electrons. The van der Waals surface area contributed by atoms with Crippen molar-refractivity contribution in [3.8, 4) is 16.9 Å². The van der Waals surface area contributed by atoms with E-state index in [1.165, 1.54) is 18.3 Å². The molecule has 2 aromatic rings. The molecule has 7 heteroatoms. The summed E-state index contributed by atoms with van der Waals surface area (Å²) >= 11 is 0. The maximum absolute atomic E-state index is 11.9. The Labute approximate surface area is 110 Å². The van der Waals surface area contributed by atoms with Crippen molar-refractivity contribution in [3.05, 3.63) is 75.1 Å². The van der Waals surface area contributed by atoms with Crippen LogP contribution in [0.1, 0.15) is 5.69 Å². The Morgan fingerprint density at radius 3 is 2.05 bits per heavy atom. The number of hydrogen-bond donors (Lipinski definition) is 1. The van der Waals surface area contributed by atoms with Gasteiger partial charge >= 0.3 is 0 Å². The molecule has 7 nitrogen and oxygen atoms in total. The summed E-state index contributed by atoms with van der Waals surface area (Å²) in [7, 11) is 0. The van der Waals surface area contributed by atoms with Gasteiger partial charge in [0.15, 0.2) is 5.75 Å². The molecule has 20 heavy (non-hydrogen) atoms. The summed E-state index contributed by atoms with van der Waals surface area (Å²) in [5.74, 6) is -1.20. The lowest BCUT2D eigenvalue weighted by atomic mass is 10.1. The van der Waals surface area contributed by atoms with Crippen LogP contribution in [0.2, 0.25) is 0 Å². The third-order valence-corrected chi connectivity index (χ3v) is 2.69. The minimum absolute atomic E-state index is 0.0317. The first-order valence-electron chi connectivity index (χ1n) is 5.43. The Balaban J connectivity index is 3.16. The maximum atomic E-state index is 11.9. The van der Waals surface area contributed by atoms with E-state index in [1.54, 1.807) is 6.92 Å². The van der Waals surface area contributed by atoms with Gasteiger partial charge in [-0.2, -0.15) is 0 Å². The van der Waals surface area contributed by atoms with Gasteiger partial charge in [0.2, 0.25) is 5.43 Å². The molecule has 0 fully saturated rings. The highest BCUT2D eigenvalue weighted by Crippen LogP contribution is 2.20. The summed E-state index contributed by atoms with van der Waals surface area (Å²) in [6.45, 7) is 1.59. The van der Waals surface area contributed by atoms with E-state index in [0.29, 0.717) is 5.69 Å². The standard InChI is InChI=1S/C13H7NO6/c1-5-4-6(2-3-14-5)7-8(15)10(17)12(19)13(20)11(18)9(7)16/h2-4,15H,1H3. The topological polar surface area (TPSA) is 118 Å². The molecule has 0 saturated heterocycles. The molecule has 2 rings (SSSR count). The summed E-state index contributed by atoms with van der Waals surface area (Å²) < 4.78 is 0. The maximum Gasteiger partial charge on any atom is 0.281 e. The monoisotopic (exact) mass is 273 g/mol. The molecule has 1 N–H and O–H groups in total. The van der Waals surface area contributed by atoms with Crippen molar-refractivity contribution < 1.29 is 5.11 Å². The Hall–Kier alpha value is -2.96. The predicted octanol–water partition coefficient (Wildman–Crippen LogP) is -1.56. The molecule has 0 bridgehead atoms. The average Bonchev–Trinajstić information content (AvgIpc) is 2.47. The molecular formula is C13H7NO6. The molecule has 0 spiro atoms. The molecule has 1 aromatic heterocycles. The van der Waals surface area contributed by atoms with E-state index in [-0.39, 0.29) is 5.56 Å².